The van der Waals surface area contributed by atoms with E-state index in [0.717, 1.165) is 17.4 Å². The number of aromatic nitrogens is 2. The minimum atomic E-state index is -3.88. The van der Waals surface area contributed by atoms with Crippen molar-refractivity contribution < 1.29 is 23.5 Å². The van der Waals surface area contributed by atoms with E-state index in [4.69, 9.17) is 10.3 Å². The zero-order valence-corrected chi connectivity index (χ0v) is 18.9. The van der Waals surface area contributed by atoms with Crippen LogP contribution in [0.5, 0.6) is 0 Å². The highest BCUT2D eigenvalue weighted by atomic mass is 32.2. The van der Waals surface area contributed by atoms with Crippen LogP contribution in [0.3, 0.4) is 0 Å². The number of carbonyl (C=O) groups excluding carboxylic acids is 1. The van der Waals surface area contributed by atoms with Gasteiger partial charge in [0.05, 0.1) is 23.8 Å². The van der Waals surface area contributed by atoms with Crippen LogP contribution in [-0.2, 0) is 27.8 Å². The van der Waals surface area contributed by atoms with Gasteiger partial charge in [0.15, 0.2) is 14.6 Å². The third-order valence-electron chi connectivity index (χ3n) is 5.54. The van der Waals surface area contributed by atoms with E-state index < -0.39 is 20.5 Å². The molecule has 0 aliphatic rings. The Morgan fingerprint density at radius 1 is 1.15 bits per heavy atom. The average molecular weight is 470 g/mol. The number of hydrogen-bond donors (Lipinski definition) is 3. The Balaban J connectivity index is 1.86. The number of hydrogen-bond acceptors (Lipinski definition) is 7. The summed E-state index contributed by atoms with van der Waals surface area (Å²) in [5.41, 5.74) is 3.64. The summed E-state index contributed by atoms with van der Waals surface area (Å²) in [4.78, 5) is 29.1. The molecule has 33 heavy (non-hydrogen) atoms. The second-order valence-corrected chi connectivity index (χ2v) is 10.2. The summed E-state index contributed by atoms with van der Waals surface area (Å²) in [5, 5.41) is 18.3. The van der Waals surface area contributed by atoms with Crippen molar-refractivity contribution in [2.75, 3.05) is 6.26 Å². The summed E-state index contributed by atoms with van der Waals surface area (Å²) in [6.45, 7) is 1.06. The van der Waals surface area contributed by atoms with Crippen LogP contribution in [0.4, 0.5) is 0 Å². The Hall–Kier alpha value is -3.52. The molecule has 0 spiro atoms. The summed E-state index contributed by atoms with van der Waals surface area (Å²) >= 11 is 0. The Morgan fingerprint density at radius 3 is 2.39 bits per heavy atom. The van der Waals surface area contributed by atoms with Crippen molar-refractivity contribution in [3.8, 4) is 11.8 Å². The maximum absolute atomic E-state index is 12.9. The zero-order chi connectivity index (χ0) is 24.2. The van der Waals surface area contributed by atoms with Crippen molar-refractivity contribution in [2.24, 2.45) is 0 Å². The smallest absolute Gasteiger partial charge is 0.264 e. The number of hydroxylamine groups is 1. The van der Waals surface area contributed by atoms with E-state index in [1.807, 2.05) is 0 Å². The van der Waals surface area contributed by atoms with Gasteiger partial charge < -0.3 is 5.11 Å². The van der Waals surface area contributed by atoms with E-state index in [-0.39, 0.29) is 25.1 Å². The molecule has 9 nitrogen and oxygen atoms in total. The Labute approximate surface area is 190 Å². The lowest BCUT2D eigenvalue weighted by molar-refractivity contribution is -0.131. The number of aliphatic hydroxyl groups excluding tert-OH is 1. The van der Waals surface area contributed by atoms with Gasteiger partial charge in [-0.3, -0.25) is 19.4 Å². The molecule has 0 saturated carbocycles. The topological polar surface area (TPSA) is 139 Å². The number of rotatable bonds is 6. The number of carbonyl (C=O) groups is 1. The summed E-state index contributed by atoms with van der Waals surface area (Å²) in [7, 11) is -3.88. The SMILES string of the molecule is C[C@@](CCn1cnc2cc(C#Cc3ccc(CO)cc3)ccc2c1=O)(C(=O)NO)S(C)(=O)=O. The molecule has 0 bridgehead atoms. The Bertz CT molecular complexity index is 1420. The third kappa shape index (κ3) is 5.12. The average Bonchev–Trinajstić information content (AvgIpc) is 2.81. The molecule has 0 aliphatic carbocycles. The fourth-order valence-corrected chi connectivity index (χ4v) is 4.00. The highest BCUT2D eigenvalue weighted by Crippen LogP contribution is 2.22. The molecule has 0 radical (unpaired) electrons. The molecule has 1 heterocycles. The molecule has 0 saturated heterocycles. The van der Waals surface area contributed by atoms with Crippen molar-refractivity contribution in [2.45, 2.75) is 31.2 Å². The van der Waals surface area contributed by atoms with Crippen LogP contribution in [0.1, 0.15) is 30.0 Å². The van der Waals surface area contributed by atoms with Crippen molar-refractivity contribution in [3.05, 3.63) is 75.8 Å². The van der Waals surface area contributed by atoms with E-state index in [2.05, 4.69) is 16.8 Å². The van der Waals surface area contributed by atoms with Crippen LogP contribution >= 0.6 is 0 Å². The lowest BCUT2D eigenvalue weighted by Crippen LogP contribution is -2.50. The second-order valence-electron chi connectivity index (χ2n) is 7.77. The van der Waals surface area contributed by atoms with Crippen molar-refractivity contribution in [1.82, 2.24) is 15.0 Å². The highest BCUT2D eigenvalue weighted by molar-refractivity contribution is 7.92. The van der Waals surface area contributed by atoms with Crippen LogP contribution in [0, 0.1) is 11.8 Å². The van der Waals surface area contributed by atoms with Crippen LogP contribution in [0.25, 0.3) is 10.9 Å². The first kappa shape index (κ1) is 24.1. The minimum Gasteiger partial charge on any atom is -0.392 e. The van der Waals surface area contributed by atoms with Crippen LogP contribution < -0.4 is 11.0 Å². The first-order chi connectivity index (χ1) is 15.6. The standard InChI is InChI=1S/C23H23N3O6S/c1-23(22(29)25-30,33(2,31)32)11-12-26-15-24-20-13-17(9-10-19(20)21(26)28)6-3-16-4-7-18(14-27)8-5-16/h4-5,7-10,13,15,27,30H,11-12,14H2,1-2H3,(H,25,29)/t23-/m1/s1. The number of sulfone groups is 1. The van der Waals surface area contributed by atoms with Crippen LogP contribution in [0.15, 0.2) is 53.6 Å². The second kappa shape index (κ2) is 9.54. The minimum absolute atomic E-state index is 0.0380. The fourth-order valence-electron chi connectivity index (χ4n) is 3.15. The van der Waals surface area contributed by atoms with E-state index in [1.54, 1.807) is 42.5 Å². The van der Waals surface area contributed by atoms with Gasteiger partial charge >= 0.3 is 0 Å². The number of nitrogens with one attached hydrogen (secondary N) is 1. The molecule has 1 aromatic heterocycles. The Morgan fingerprint density at radius 2 is 1.79 bits per heavy atom. The van der Waals surface area contributed by atoms with Gasteiger partial charge in [-0.2, -0.15) is 0 Å². The largest absolute Gasteiger partial charge is 0.392 e. The van der Waals surface area contributed by atoms with Gasteiger partial charge in [-0.25, -0.2) is 18.9 Å². The first-order valence-electron chi connectivity index (χ1n) is 9.94. The summed E-state index contributed by atoms with van der Waals surface area (Å²) in [6.07, 6.45) is 1.95. The van der Waals surface area contributed by atoms with E-state index in [1.165, 1.54) is 23.3 Å². The number of aryl methyl sites for hydroxylation is 1. The van der Waals surface area contributed by atoms with Gasteiger partial charge in [-0.05, 0) is 49.2 Å². The Kier molecular flexibility index (Phi) is 6.98. The van der Waals surface area contributed by atoms with Crippen molar-refractivity contribution in [1.29, 1.82) is 0 Å². The molecular formula is C23H23N3O6S. The van der Waals surface area contributed by atoms with Gasteiger partial charge in [0.2, 0.25) is 0 Å². The van der Waals surface area contributed by atoms with Gasteiger partial charge in [-0.1, -0.05) is 24.0 Å². The number of benzene rings is 2. The predicted molar refractivity (Wildman–Crippen MR) is 122 cm³/mol. The van der Waals surface area contributed by atoms with Crippen LogP contribution in [-0.4, -0.2) is 45.2 Å². The molecule has 1 amide bonds. The molecule has 0 aliphatic heterocycles. The summed E-state index contributed by atoms with van der Waals surface area (Å²) in [6, 6.07) is 12.1. The van der Waals surface area contributed by atoms with E-state index in [9.17, 15) is 18.0 Å². The number of nitrogens with zero attached hydrogens (tertiary/aromatic N) is 2. The fraction of sp³-hybridized carbons (Fsp3) is 0.261. The molecule has 2 aromatic carbocycles. The molecule has 3 aromatic rings. The first-order valence-corrected chi connectivity index (χ1v) is 11.8. The number of amides is 1. The van der Waals surface area contributed by atoms with Gasteiger partial charge in [0.25, 0.3) is 11.5 Å². The maximum Gasteiger partial charge on any atom is 0.264 e. The monoisotopic (exact) mass is 469 g/mol. The highest BCUT2D eigenvalue weighted by Gasteiger charge is 2.43. The molecule has 172 valence electrons. The maximum atomic E-state index is 12.9. The molecule has 1 atom stereocenters. The lowest BCUT2D eigenvalue weighted by Gasteiger charge is -2.25. The summed E-state index contributed by atoms with van der Waals surface area (Å²) < 4.78 is 23.5. The predicted octanol–water partition coefficient (Wildman–Crippen LogP) is 0.987. The quantitative estimate of drug-likeness (QED) is 0.278. The summed E-state index contributed by atoms with van der Waals surface area (Å²) in [5.74, 6) is 4.95. The van der Waals surface area contributed by atoms with Gasteiger partial charge in [0, 0.05) is 23.9 Å². The molecular weight excluding hydrogens is 446 g/mol. The number of aliphatic hydroxyl groups is 1. The third-order valence-corrected chi connectivity index (χ3v) is 7.57. The van der Waals surface area contributed by atoms with E-state index >= 15 is 0 Å². The normalized spacial score (nSPS) is 13.1. The lowest BCUT2D eigenvalue weighted by atomic mass is 10.1. The van der Waals surface area contributed by atoms with Crippen molar-refractivity contribution in [3.63, 3.8) is 0 Å². The van der Waals surface area contributed by atoms with Crippen molar-refractivity contribution >= 4 is 26.6 Å². The zero-order valence-electron chi connectivity index (χ0n) is 18.1. The molecule has 0 unspecified atom stereocenters. The van der Waals surface area contributed by atoms with Crippen LogP contribution in [0.2, 0.25) is 0 Å². The van der Waals surface area contributed by atoms with Gasteiger partial charge in [0.1, 0.15) is 0 Å². The molecule has 0 fully saturated rings. The molecule has 10 heteroatoms. The van der Waals surface area contributed by atoms with Gasteiger partial charge in [-0.15, -0.1) is 0 Å². The molecule has 3 N–H and O–H groups in total. The molecule has 3 rings (SSSR count). The van der Waals surface area contributed by atoms with E-state index in [0.29, 0.717) is 16.5 Å². The number of fused-ring (bicyclic) bond motifs is 1.